The summed E-state index contributed by atoms with van der Waals surface area (Å²) < 4.78 is 1.50. The van der Waals surface area contributed by atoms with Crippen LogP contribution in [0.2, 0.25) is 0 Å². The van der Waals surface area contributed by atoms with Gasteiger partial charge in [-0.3, -0.25) is 4.79 Å². The normalized spacial score (nSPS) is 17.6. The molecule has 3 aromatic rings. The van der Waals surface area contributed by atoms with E-state index in [1.807, 2.05) is 30.3 Å². The van der Waals surface area contributed by atoms with E-state index in [0.29, 0.717) is 17.9 Å². The molecule has 0 radical (unpaired) electrons. The highest BCUT2D eigenvalue weighted by molar-refractivity contribution is 7.18. The molecular weight excluding hydrogens is 330 g/mol. The van der Waals surface area contributed by atoms with Gasteiger partial charge in [0.1, 0.15) is 0 Å². The fourth-order valence-corrected chi connectivity index (χ4v) is 4.96. The van der Waals surface area contributed by atoms with Crippen LogP contribution in [0, 0.1) is 11.3 Å². The molecule has 0 aliphatic heterocycles. The van der Waals surface area contributed by atoms with Gasteiger partial charge < -0.3 is 0 Å². The van der Waals surface area contributed by atoms with Crippen molar-refractivity contribution in [2.75, 3.05) is 0 Å². The Morgan fingerprint density at radius 1 is 1.24 bits per heavy atom. The zero-order valence-electron chi connectivity index (χ0n) is 15.0. The lowest BCUT2D eigenvalue weighted by molar-refractivity contribution is 0.218. The van der Waals surface area contributed by atoms with Crippen molar-refractivity contribution in [3.63, 3.8) is 0 Å². The Morgan fingerprint density at radius 3 is 2.72 bits per heavy atom. The van der Waals surface area contributed by atoms with Gasteiger partial charge in [0.15, 0.2) is 4.83 Å². The van der Waals surface area contributed by atoms with Gasteiger partial charge >= 0.3 is 0 Å². The quantitative estimate of drug-likeness (QED) is 0.698. The number of hydrogen-bond acceptors (Lipinski definition) is 4. The molecule has 0 bridgehead atoms. The molecule has 4 rings (SSSR count). The Balaban J connectivity index is 1.75. The van der Waals surface area contributed by atoms with Gasteiger partial charge in [0.2, 0.25) is 0 Å². The molecule has 1 aromatic carbocycles. The molecule has 2 heterocycles. The molecule has 0 N–H and O–H groups in total. The highest BCUT2D eigenvalue weighted by Crippen LogP contribution is 2.41. The second-order valence-corrected chi connectivity index (χ2v) is 9.11. The summed E-state index contributed by atoms with van der Waals surface area (Å²) in [5.41, 5.74) is 2.59. The summed E-state index contributed by atoms with van der Waals surface area (Å²) in [6.45, 7) is 7.39. The van der Waals surface area contributed by atoms with Crippen LogP contribution in [0.3, 0.4) is 0 Å². The van der Waals surface area contributed by atoms with Gasteiger partial charge in [0.05, 0.1) is 11.9 Å². The van der Waals surface area contributed by atoms with E-state index in [-0.39, 0.29) is 5.56 Å². The monoisotopic (exact) mass is 353 g/mol. The van der Waals surface area contributed by atoms with Crippen LogP contribution >= 0.6 is 11.3 Å². The summed E-state index contributed by atoms with van der Waals surface area (Å²) in [7, 11) is 0. The summed E-state index contributed by atoms with van der Waals surface area (Å²) in [4.78, 5) is 15.1. The number of rotatable bonds is 2. The maximum atomic E-state index is 13.0. The lowest BCUT2D eigenvalue weighted by Crippen LogP contribution is -2.28. The molecule has 130 valence electrons. The van der Waals surface area contributed by atoms with Gasteiger partial charge in [-0.25, -0.2) is 4.68 Å². The van der Waals surface area contributed by atoms with E-state index in [1.165, 1.54) is 15.1 Å². The van der Waals surface area contributed by atoms with Crippen molar-refractivity contribution in [2.45, 2.75) is 46.6 Å². The Bertz CT molecular complexity index is 966. The lowest BCUT2D eigenvalue weighted by atomic mass is 9.72. The number of aryl methyl sites for hydroxylation is 1. The summed E-state index contributed by atoms with van der Waals surface area (Å²) >= 11 is 1.66. The van der Waals surface area contributed by atoms with Crippen LogP contribution in [0.4, 0.5) is 0 Å². The first-order valence-electron chi connectivity index (χ1n) is 8.85. The van der Waals surface area contributed by atoms with E-state index in [4.69, 9.17) is 0 Å². The second-order valence-electron chi connectivity index (χ2n) is 8.03. The average Bonchev–Trinajstić information content (AvgIpc) is 2.96. The smallest absolute Gasteiger partial charge is 0.267 e. The largest absolute Gasteiger partial charge is 0.279 e. The number of nitrogens with zero attached hydrogens (tertiary/aromatic N) is 3. The predicted molar refractivity (Wildman–Crippen MR) is 102 cm³/mol. The van der Waals surface area contributed by atoms with E-state index < -0.39 is 0 Å². The maximum absolute atomic E-state index is 13.0. The van der Waals surface area contributed by atoms with Gasteiger partial charge in [-0.05, 0) is 41.7 Å². The van der Waals surface area contributed by atoms with Crippen LogP contribution in [0.25, 0.3) is 10.2 Å². The highest BCUT2D eigenvalue weighted by atomic mass is 32.1. The minimum atomic E-state index is 0.000520. The molecule has 5 heteroatoms. The number of fused-ring (bicyclic) bond motifs is 3. The number of thiophene rings is 1. The predicted octanol–water partition coefficient (Wildman–Crippen LogP) is 4.05. The SMILES string of the molecule is CC(C)(C)C1CCc2c(sc3nnn(Cc4ccccc4)c(=O)c23)C1. The van der Waals surface area contributed by atoms with Crippen molar-refractivity contribution in [2.24, 2.45) is 11.3 Å². The number of hydrogen-bond donors (Lipinski definition) is 0. The molecule has 4 nitrogen and oxygen atoms in total. The summed E-state index contributed by atoms with van der Waals surface area (Å²) in [5.74, 6) is 0.660. The minimum absolute atomic E-state index is 0.000520. The van der Waals surface area contributed by atoms with Gasteiger partial charge in [0.25, 0.3) is 5.56 Å². The van der Waals surface area contributed by atoms with E-state index in [2.05, 4.69) is 31.1 Å². The van der Waals surface area contributed by atoms with Crippen molar-refractivity contribution >= 4 is 21.6 Å². The maximum Gasteiger partial charge on any atom is 0.279 e. The standard InChI is InChI=1S/C20H23N3OS/c1-20(2,3)14-9-10-15-16(11-14)25-18-17(15)19(24)23(22-21-18)12-13-7-5-4-6-8-13/h4-8,14H,9-12H2,1-3H3. The lowest BCUT2D eigenvalue weighted by Gasteiger charge is -2.33. The summed E-state index contributed by atoms with van der Waals surface area (Å²) in [5, 5.41) is 9.34. The average molecular weight is 353 g/mol. The molecule has 0 spiro atoms. The molecule has 25 heavy (non-hydrogen) atoms. The zero-order chi connectivity index (χ0) is 17.6. The van der Waals surface area contributed by atoms with Crippen LogP contribution < -0.4 is 5.56 Å². The third-order valence-corrected chi connectivity index (χ3v) is 6.48. The summed E-state index contributed by atoms with van der Waals surface area (Å²) in [6.07, 6.45) is 3.17. The molecule has 0 saturated heterocycles. The third kappa shape index (κ3) is 3.01. The number of benzene rings is 1. The van der Waals surface area contributed by atoms with Crippen LogP contribution in [0.1, 0.15) is 43.2 Å². The fraction of sp³-hybridized carbons (Fsp3) is 0.450. The molecular formula is C20H23N3OS. The van der Waals surface area contributed by atoms with Crippen LogP contribution in [0.5, 0.6) is 0 Å². The Hall–Kier alpha value is -2.01. The van der Waals surface area contributed by atoms with Crippen LogP contribution in [0.15, 0.2) is 35.1 Å². The Morgan fingerprint density at radius 2 is 2.00 bits per heavy atom. The van der Waals surface area contributed by atoms with Gasteiger partial charge in [-0.2, -0.15) is 0 Å². The first-order chi connectivity index (χ1) is 11.9. The van der Waals surface area contributed by atoms with Gasteiger partial charge in [0, 0.05) is 4.88 Å². The van der Waals surface area contributed by atoms with E-state index >= 15 is 0 Å². The summed E-state index contributed by atoms with van der Waals surface area (Å²) in [6, 6.07) is 9.95. The zero-order valence-corrected chi connectivity index (χ0v) is 15.8. The van der Waals surface area contributed by atoms with Crippen molar-refractivity contribution in [1.82, 2.24) is 15.0 Å². The molecule has 2 aromatic heterocycles. The molecule has 0 amide bonds. The van der Waals surface area contributed by atoms with Crippen molar-refractivity contribution < 1.29 is 0 Å². The second kappa shape index (κ2) is 6.06. The van der Waals surface area contributed by atoms with E-state index in [9.17, 15) is 4.79 Å². The van der Waals surface area contributed by atoms with E-state index in [0.717, 1.165) is 35.0 Å². The van der Waals surface area contributed by atoms with Gasteiger partial charge in [-0.1, -0.05) is 56.3 Å². The van der Waals surface area contributed by atoms with Crippen LogP contribution in [-0.2, 0) is 19.4 Å². The molecule has 1 aliphatic carbocycles. The fourth-order valence-electron chi connectivity index (χ4n) is 3.73. The Labute approximate surface area is 151 Å². The minimum Gasteiger partial charge on any atom is -0.267 e. The van der Waals surface area contributed by atoms with Gasteiger partial charge in [-0.15, -0.1) is 16.4 Å². The Kier molecular flexibility index (Phi) is 3.99. The highest BCUT2D eigenvalue weighted by Gasteiger charge is 2.31. The third-order valence-electron chi connectivity index (χ3n) is 5.34. The first kappa shape index (κ1) is 16.5. The molecule has 1 unspecified atom stereocenters. The first-order valence-corrected chi connectivity index (χ1v) is 9.67. The topological polar surface area (TPSA) is 47.8 Å². The molecule has 0 saturated carbocycles. The molecule has 1 aliphatic rings. The van der Waals surface area contributed by atoms with E-state index in [1.54, 1.807) is 11.3 Å². The number of aromatic nitrogens is 3. The van der Waals surface area contributed by atoms with Crippen molar-refractivity contribution in [1.29, 1.82) is 0 Å². The molecule has 0 fully saturated rings. The van der Waals surface area contributed by atoms with Crippen molar-refractivity contribution in [3.8, 4) is 0 Å². The molecule has 1 atom stereocenters. The van der Waals surface area contributed by atoms with Crippen LogP contribution in [-0.4, -0.2) is 15.0 Å². The van der Waals surface area contributed by atoms with Crippen molar-refractivity contribution in [3.05, 3.63) is 56.7 Å².